The van der Waals surface area contributed by atoms with Crippen LogP contribution in [-0.2, 0) is 16.1 Å². The van der Waals surface area contributed by atoms with E-state index in [0.717, 1.165) is 16.7 Å². The Morgan fingerprint density at radius 3 is 2.53 bits per heavy atom. The molecule has 1 saturated heterocycles. The molecule has 1 aliphatic heterocycles. The number of aliphatic hydroxyl groups excluding tert-OH is 1. The van der Waals surface area contributed by atoms with Gasteiger partial charge in [0.1, 0.15) is 5.75 Å². The molecular weight excluding hydrogens is 220 g/mol. The zero-order valence-corrected chi connectivity index (χ0v) is 10.0. The molecule has 1 atom stereocenters. The molecule has 1 aromatic carbocycles. The van der Waals surface area contributed by atoms with E-state index in [2.05, 4.69) is 0 Å². The molecule has 0 aromatic heterocycles. The lowest BCUT2D eigenvalue weighted by atomic mass is 10.1. The molecule has 92 valence electrons. The first kappa shape index (κ1) is 11.9. The first-order chi connectivity index (χ1) is 8.11. The molecule has 4 nitrogen and oxygen atoms in total. The van der Waals surface area contributed by atoms with Gasteiger partial charge in [-0.1, -0.05) is 12.1 Å². The monoisotopic (exact) mass is 236 g/mol. The highest BCUT2D eigenvalue weighted by Crippen LogP contribution is 2.27. The Labute approximate surface area is 100 Å². The van der Waals surface area contributed by atoms with Crippen LogP contribution in [0.15, 0.2) is 12.1 Å². The summed E-state index contributed by atoms with van der Waals surface area (Å²) in [5.41, 5.74) is 2.70. The van der Waals surface area contributed by atoms with Crippen LogP contribution in [0.25, 0.3) is 0 Å². The van der Waals surface area contributed by atoms with E-state index in [9.17, 15) is 4.79 Å². The van der Waals surface area contributed by atoms with Crippen LogP contribution in [0.2, 0.25) is 0 Å². The molecule has 1 unspecified atom stereocenters. The van der Waals surface area contributed by atoms with Crippen LogP contribution in [0.5, 0.6) is 5.75 Å². The predicted molar refractivity (Wildman–Crippen MR) is 61.8 cm³/mol. The summed E-state index contributed by atoms with van der Waals surface area (Å²) in [5.74, 6) is 0.418. The summed E-state index contributed by atoms with van der Waals surface area (Å²) in [6, 6.07) is 3.73. The SMILES string of the molecule is Cc1cc(CO)cc(C)c1OC1CCOC1=O. The number of carbonyl (C=O) groups excluding carboxylic acids is 1. The third-order valence-electron chi connectivity index (χ3n) is 2.85. The summed E-state index contributed by atoms with van der Waals surface area (Å²) >= 11 is 0. The lowest BCUT2D eigenvalue weighted by Crippen LogP contribution is -2.22. The average molecular weight is 236 g/mol. The van der Waals surface area contributed by atoms with E-state index in [1.807, 2.05) is 26.0 Å². The van der Waals surface area contributed by atoms with Crippen LogP contribution in [0, 0.1) is 13.8 Å². The number of rotatable bonds is 3. The molecule has 0 spiro atoms. The Balaban J connectivity index is 2.23. The minimum atomic E-state index is -0.493. The van der Waals surface area contributed by atoms with Crippen molar-refractivity contribution in [2.45, 2.75) is 33.0 Å². The maximum Gasteiger partial charge on any atom is 0.347 e. The number of aryl methyl sites for hydroxylation is 2. The molecular formula is C13H16O4. The van der Waals surface area contributed by atoms with E-state index in [0.29, 0.717) is 18.8 Å². The van der Waals surface area contributed by atoms with Crippen molar-refractivity contribution in [3.8, 4) is 5.75 Å². The van der Waals surface area contributed by atoms with Crippen LogP contribution >= 0.6 is 0 Å². The first-order valence-electron chi connectivity index (χ1n) is 5.66. The summed E-state index contributed by atoms with van der Waals surface area (Å²) < 4.78 is 10.6. The molecule has 0 aliphatic carbocycles. The third-order valence-corrected chi connectivity index (χ3v) is 2.85. The van der Waals surface area contributed by atoms with Crippen LogP contribution in [0.1, 0.15) is 23.1 Å². The van der Waals surface area contributed by atoms with Gasteiger partial charge in [0.2, 0.25) is 0 Å². The fourth-order valence-corrected chi connectivity index (χ4v) is 2.04. The molecule has 1 fully saturated rings. The van der Waals surface area contributed by atoms with E-state index in [-0.39, 0.29) is 12.6 Å². The fourth-order valence-electron chi connectivity index (χ4n) is 2.04. The normalized spacial score (nSPS) is 19.2. The summed E-state index contributed by atoms with van der Waals surface area (Å²) in [6.45, 7) is 4.24. The number of esters is 1. The number of ether oxygens (including phenoxy) is 2. The summed E-state index contributed by atoms with van der Waals surface area (Å²) in [6.07, 6.45) is 0.104. The number of hydrogen-bond donors (Lipinski definition) is 1. The Bertz CT molecular complexity index is 416. The van der Waals surface area contributed by atoms with Crippen LogP contribution in [0.3, 0.4) is 0 Å². The summed E-state index contributed by atoms with van der Waals surface area (Å²) in [4.78, 5) is 11.3. The maximum atomic E-state index is 11.3. The number of carbonyl (C=O) groups is 1. The van der Waals surface area contributed by atoms with E-state index in [4.69, 9.17) is 14.6 Å². The Hall–Kier alpha value is -1.55. The van der Waals surface area contributed by atoms with E-state index >= 15 is 0 Å². The topological polar surface area (TPSA) is 55.8 Å². The van der Waals surface area contributed by atoms with Crippen molar-refractivity contribution in [3.63, 3.8) is 0 Å². The second-order valence-corrected chi connectivity index (χ2v) is 4.28. The molecule has 0 radical (unpaired) electrons. The van der Waals surface area contributed by atoms with Gasteiger partial charge in [-0.25, -0.2) is 4.79 Å². The first-order valence-corrected chi connectivity index (χ1v) is 5.66. The fraction of sp³-hybridized carbons (Fsp3) is 0.462. The molecule has 1 N–H and O–H groups in total. The highest BCUT2D eigenvalue weighted by atomic mass is 16.6. The molecule has 1 heterocycles. The van der Waals surface area contributed by atoms with Gasteiger partial charge in [-0.2, -0.15) is 0 Å². The van der Waals surface area contributed by atoms with Crippen molar-refractivity contribution < 1.29 is 19.4 Å². The molecule has 17 heavy (non-hydrogen) atoms. The molecule has 0 saturated carbocycles. The number of aliphatic hydroxyl groups is 1. The number of hydrogen-bond acceptors (Lipinski definition) is 4. The minimum absolute atomic E-state index is 0.00737. The van der Waals surface area contributed by atoms with Crippen molar-refractivity contribution >= 4 is 5.97 Å². The van der Waals surface area contributed by atoms with Gasteiger partial charge < -0.3 is 14.6 Å². The van der Waals surface area contributed by atoms with Gasteiger partial charge in [0, 0.05) is 6.42 Å². The molecule has 1 aromatic rings. The van der Waals surface area contributed by atoms with E-state index in [1.165, 1.54) is 0 Å². The molecule has 2 rings (SSSR count). The van der Waals surface area contributed by atoms with Crippen molar-refractivity contribution in [3.05, 3.63) is 28.8 Å². The van der Waals surface area contributed by atoms with E-state index in [1.54, 1.807) is 0 Å². The lowest BCUT2D eigenvalue weighted by Gasteiger charge is -2.16. The van der Waals surface area contributed by atoms with Crippen molar-refractivity contribution in [1.82, 2.24) is 0 Å². The quantitative estimate of drug-likeness (QED) is 0.808. The van der Waals surface area contributed by atoms with Crippen molar-refractivity contribution in [1.29, 1.82) is 0 Å². The Morgan fingerprint density at radius 2 is 2.06 bits per heavy atom. The zero-order chi connectivity index (χ0) is 12.4. The highest BCUT2D eigenvalue weighted by Gasteiger charge is 2.29. The van der Waals surface area contributed by atoms with Gasteiger partial charge >= 0.3 is 5.97 Å². The van der Waals surface area contributed by atoms with Crippen LogP contribution in [-0.4, -0.2) is 23.8 Å². The maximum absolute atomic E-state index is 11.3. The van der Waals surface area contributed by atoms with Crippen molar-refractivity contribution in [2.24, 2.45) is 0 Å². The van der Waals surface area contributed by atoms with Crippen molar-refractivity contribution in [2.75, 3.05) is 6.61 Å². The molecule has 4 heteroatoms. The van der Waals surface area contributed by atoms with Gasteiger partial charge in [0.05, 0.1) is 13.2 Å². The van der Waals surface area contributed by atoms with Gasteiger partial charge in [-0.05, 0) is 30.5 Å². The second kappa shape index (κ2) is 4.75. The average Bonchev–Trinajstić information content (AvgIpc) is 2.69. The lowest BCUT2D eigenvalue weighted by molar-refractivity contribution is -0.143. The highest BCUT2D eigenvalue weighted by molar-refractivity contribution is 5.77. The van der Waals surface area contributed by atoms with Gasteiger partial charge in [-0.15, -0.1) is 0 Å². The summed E-state index contributed by atoms with van der Waals surface area (Å²) in [7, 11) is 0. The van der Waals surface area contributed by atoms with Crippen LogP contribution < -0.4 is 4.74 Å². The molecule has 0 amide bonds. The smallest absolute Gasteiger partial charge is 0.347 e. The third kappa shape index (κ3) is 2.42. The predicted octanol–water partition coefficient (Wildman–Crippen LogP) is 1.49. The molecule has 0 bridgehead atoms. The molecule has 1 aliphatic rings. The zero-order valence-electron chi connectivity index (χ0n) is 10.0. The summed E-state index contributed by atoms with van der Waals surface area (Å²) in [5, 5.41) is 9.09. The largest absolute Gasteiger partial charge is 0.478 e. The second-order valence-electron chi connectivity index (χ2n) is 4.28. The minimum Gasteiger partial charge on any atom is -0.478 e. The van der Waals surface area contributed by atoms with Gasteiger partial charge in [0.25, 0.3) is 0 Å². The Kier molecular flexibility index (Phi) is 3.33. The van der Waals surface area contributed by atoms with Gasteiger partial charge in [-0.3, -0.25) is 0 Å². The Morgan fingerprint density at radius 1 is 1.41 bits per heavy atom. The number of cyclic esters (lactones) is 1. The van der Waals surface area contributed by atoms with Gasteiger partial charge in [0.15, 0.2) is 6.10 Å². The number of benzene rings is 1. The van der Waals surface area contributed by atoms with E-state index < -0.39 is 6.10 Å². The van der Waals surface area contributed by atoms with Crippen LogP contribution in [0.4, 0.5) is 0 Å². The standard InChI is InChI=1S/C13H16O4/c1-8-5-10(7-14)6-9(2)12(8)17-11-3-4-16-13(11)15/h5-6,11,14H,3-4,7H2,1-2H3.